The molecule has 2 fully saturated rings. The molecule has 2 heterocycles. The van der Waals surface area contributed by atoms with Crippen LogP contribution in [0.2, 0.25) is 0 Å². The summed E-state index contributed by atoms with van der Waals surface area (Å²) in [6.07, 6.45) is -5.07. The zero-order valence-electron chi connectivity index (χ0n) is 10.8. The molecular formula is C11H22O8. The molecule has 0 bridgehead atoms. The number of rotatable bonds is 1. The number of aliphatic hydroxyl groups excluding tert-OH is 5. The Morgan fingerprint density at radius 2 is 1.63 bits per heavy atom. The first kappa shape index (κ1) is 16.7. The van der Waals surface area contributed by atoms with Crippen LogP contribution >= 0.6 is 0 Å². The molecule has 8 nitrogen and oxygen atoms in total. The van der Waals surface area contributed by atoms with Crippen LogP contribution in [-0.4, -0.2) is 82.3 Å². The number of aliphatic hydroxyl groups is 5. The van der Waals surface area contributed by atoms with Crippen LogP contribution in [0.4, 0.5) is 0 Å². The average Bonchev–Trinajstić information content (AvgIpc) is 2.45. The summed E-state index contributed by atoms with van der Waals surface area (Å²) in [4.78, 5) is 0. The van der Waals surface area contributed by atoms with E-state index in [9.17, 15) is 10.2 Å². The molecule has 2 rings (SSSR count). The number of hydrogen-bond donors (Lipinski definition) is 5. The molecule has 8 heteroatoms. The van der Waals surface area contributed by atoms with E-state index in [1.165, 1.54) is 6.92 Å². The van der Waals surface area contributed by atoms with Crippen molar-refractivity contribution in [3.05, 3.63) is 0 Å². The Balaban J connectivity index is 0.000000250. The van der Waals surface area contributed by atoms with E-state index >= 15 is 0 Å². The second-order valence-corrected chi connectivity index (χ2v) is 4.69. The Morgan fingerprint density at radius 3 is 2.00 bits per heavy atom. The molecule has 0 unspecified atom stereocenters. The Hall–Kier alpha value is -0.320. The molecule has 0 aromatic carbocycles. The summed E-state index contributed by atoms with van der Waals surface area (Å²) in [7, 11) is 0. The molecule has 2 saturated heterocycles. The third-order valence-corrected chi connectivity index (χ3v) is 3.04. The van der Waals surface area contributed by atoms with Gasteiger partial charge in [0.05, 0.1) is 19.8 Å². The minimum atomic E-state index is -1.60. The van der Waals surface area contributed by atoms with Gasteiger partial charge in [0.25, 0.3) is 0 Å². The first-order valence-electron chi connectivity index (χ1n) is 6.09. The van der Waals surface area contributed by atoms with Crippen molar-refractivity contribution in [2.45, 2.75) is 43.5 Å². The Labute approximate surface area is 111 Å². The van der Waals surface area contributed by atoms with Crippen LogP contribution in [0.3, 0.4) is 0 Å². The van der Waals surface area contributed by atoms with Gasteiger partial charge in [0.1, 0.15) is 30.7 Å². The van der Waals surface area contributed by atoms with Crippen LogP contribution in [0.1, 0.15) is 13.3 Å². The lowest BCUT2D eigenvalue weighted by Gasteiger charge is -2.44. The van der Waals surface area contributed by atoms with E-state index in [2.05, 4.69) is 0 Å². The van der Waals surface area contributed by atoms with Gasteiger partial charge in [-0.25, -0.2) is 0 Å². The minimum absolute atomic E-state index is 0.500. The summed E-state index contributed by atoms with van der Waals surface area (Å²) in [6.45, 7) is 3.02. The predicted octanol–water partition coefficient (Wildman–Crippen LogP) is -2.45. The van der Waals surface area contributed by atoms with Crippen molar-refractivity contribution in [3.63, 3.8) is 0 Å². The summed E-state index contributed by atoms with van der Waals surface area (Å²) in [5.74, 6) is 0. The largest absolute Gasteiger partial charge is 0.393 e. The average molecular weight is 282 g/mol. The molecule has 0 spiro atoms. The maximum Gasteiger partial charge on any atom is 0.184 e. The SMILES string of the molecule is C1COCOC1.C[C@]1(CO)O[C@H](O)[C@H](O)[C@@H](O)[C@H]1O. The zero-order chi connectivity index (χ0) is 14.5. The summed E-state index contributed by atoms with van der Waals surface area (Å²) in [6, 6.07) is 0. The highest BCUT2D eigenvalue weighted by atomic mass is 16.7. The Bertz CT molecular complexity index is 248. The molecule has 114 valence electrons. The molecule has 0 aromatic heterocycles. The quantitative estimate of drug-likeness (QED) is 0.358. The molecular weight excluding hydrogens is 260 g/mol. The minimum Gasteiger partial charge on any atom is -0.393 e. The van der Waals surface area contributed by atoms with Crippen LogP contribution in [0.25, 0.3) is 0 Å². The van der Waals surface area contributed by atoms with Crippen LogP contribution in [0.5, 0.6) is 0 Å². The highest BCUT2D eigenvalue weighted by Gasteiger charge is 2.50. The van der Waals surface area contributed by atoms with E-state index in [0.29, 0.717) is 6.79 Å². The fraction of sp³-hybridized carbons (Fsp3) is 1.00. The molecule has 5 atom stereocenters. The zero-order valence-corrected chi connectivity index (χ0v) is 10.8. The van der Waals surface area contributed by atoms with Crippen LogP contribution in [0, 0.1) is 0 Å². The van der Waals surface area contributed by atoms with E-state index < -0.39 is 36.8 Å². The van der Waals surface area contributed by atoms with Gasteiger partial charge in [-0.2, -0.15) is 0 Å². The molecule has 0 amide bonds. The fourth-order valence-electron chi connectivity index (χ4n) is 1.70. The normalized spacial score (nSPS) is 43.3. The third kappa shape index (κ3) is 4.33. The van der Waals surface area contributed by atoms with Crippen molar-refractivity contribution in [1.29, 1.82) is 0 Å². The van der Waals surface area contributed by atoms with Crippen LogP contribution in [-0.2, 0) is 14.2 Å². The van der Waals surface area contributed by atoms with Gasteiger partial charge in [-0.1, -0.05) is 0 Å². The fourth-order valence-corrected chi connectivity index (χ4v) is 1.70. The first-order chi connectivity index (χ1) is 8.92. The second-order valence-electron chi connectivity index (χ2n) is 4.69. The smallest absolute Gasteiger partial charge is 0.184 e. The van der Waals surface area contributed by atoms with Gasteiger partial charge < -0.3 is 39.7 Å². The van der Waals surface area contributed by atoms with Crippen molar-refractivity contribution < 1.29 is 39.7 Å². The van der Waals surface area contributed by atoms with Crippen molar-refractivity contribution in [1.82, 2.24) is 0 Å². The van der Waals surface area contributed by atoms with Gasteiger partial charge in [-0.15, -0.1) is 0 Å². The van der Waals surface area contributed by atoms with E-state index in [1.54, 1.807) is 0 Å². The topological polar surface area (TPSA) is 129 Å². The molecule has 2 aliphatic heterocycles. The van der Waals surface area contributed by atoms with Crippen LogP contribution < -0.4 is 0 Å². The van der Waals surface area contributed by atoms with Gasteiger partial charge in [-0.05, 0) is 13.3 Å². The molecule has 0 aromatic rings. The van der Waals surface area contributed by atoms with Gasteiger partial charge in [0, 0.05) is 0 Å². The Morgan fingerprint density at radius 1 is 1.05 bits per heavy atom. The molecule has 0 saturated carbocycles. The van der Waals surface area contributed by atoms with E-state index in [4.69, 9.17) is 29.5 Å². The van der Waals surface area contributed by atoms with Gasteiger partial charge in [-0.3, -0.25) is 0 Å². The summed E-state index contributed by atoms with van der Waals surface area (Å²) >= 11 is 0. The lowest BCUT2D eigenvalue weighted by Crippen LogP contribution is -2.64. The molecule has 2 aliphatic rings. The van der Waals surface area contributed by atoms with E-state index in [1.807, 2.05) is 0 Å². The highest BCUT2D eigenvalue weighted by Crippen LogP contribution is 2.28. The maximum atomic E-state index is 9.38. The standard InChI is InChI=1S/C7H14O6.C4H8O2/c1-7(2-8)5(11)3(9)4(10)6(12)13-7;1-2-5-4-6-3-1/h3-6,8-12H,2H2,1H3;1-4H2/t3-,4-,5-,6+,7-;/m1./s1. The van der Waals surface area contributed by atoms with Crippen molar-refractivity contribution in [2.75, 3.05) is 26.6 Å². The molecule has 5 N–H and O–H groups in total. The summed E-state index contributed by atoms with van der Waals surface area (Å²) in [5, 5.41) is 45.6. The molecule has 19 heavy (non-hydrogen) atoms. The van der Waals surface area contributed by atoms with Gasteiger partial charge >= 0.3 is 0 Å². The van der Waals surface area contributed by atoms with Crippen molar-refractivity contribution >= 4 is 0 Å². The van der Waals surface area contributed by atoms with Crippen molar-refractivity contribution in [2.24, 2.45) is 0 Å². The Kier molecular flexibility index (Phi) is 6.57. The summed E-state index contributed by atoms with van der Waals surface area (Å²) in [5.41, 5.74) is -1.45. The maximum absolute atomic E-state index is 9.38. The molecule has 0 aliphatic carbocycles. The van der Waals surface area contributed by atoms with E-state index in [-0.39, 0.29) is 0 Å². The number of hydrogen-bond acceptors (Lipinski definition) is 8. The molecule has 0 radical (unpaired) electrons. The monoisotopic (exact) mass is 282 g/mol. The van der Waals surface area contributed by atoms with E-state index in [0.717, 1.165) is 19.6 Å². The lowest BCUT2D eigenvalue weighted by atomic mass is 9.89. The number of ether oxygens (including phenoxy) is 3. The van der Waals surface area contributed by atoms with Crippen LogP contribution in [0.15, 0.2) is 0 Å². The van der Waals surface area contributed by atoms with Gasteiger partial charge in [0.2, 0.25) is 0 Å². The summed E-state index contributed by atoms with van der Waals surface area (Å²) < 4.78 is 14.5. The lowest BCUT2D eigenvalue weighted by molar-refractivity contribution is -0.321. The van der Waals surface area contributed by atoms with Crippen molar-refractivity contribution in [3.8, 4) is 0 Å². The third-order valence-electron chi connectivity index (χ3n) is 3.04. The predicted molar refractivity (Wildman–Crippen MR) is 62.0 cm³/mol. The second kappa shape index (κ2) is 7.46. The first-order valence-corrected chi connectivity index (χ1v) is 6.09. The highest BCUT2D eigenvalue weighted by molar-refractivity contribution is 4.96. The van der Waals surface area contributed by atoms with Gasteiger partial charge in [0.15, 0.2) is 6.29 Å².